The van der Waals surface area contributed by atoms with Crippen LogP contribution in [-0.4, -0.2) is 36.5 Å². The minimum absolute atomic E-state index is 0.207. The van der Waals surface area contributed by atoms with Gasteiger partial charge in [-0.15, -0.1) is 0 Å². The van der Waals surface area contributed by atoms with Gasteiger partial charge < -0.3 is 5.11 Å². The van der Waals surface area contributed by atoms with E-state index in [4.69, 9.17) is 0 Å². The molecule has 4 nitrogen and oxygen atoms in total. The van der Waals surface area contributed by atoms with Crippen LogP contribution < -0.4 is 0 Å². The van der Waals surface area contributed by atoms with Gasteiger partial charge in [-0.25, -0.2) is 12.8 Å². The molecule has 0 unspecified atom stereocenters. The Balaban J connectivity index is 1.96. The molecule has 1 aliphatic rings. The molecule has 1 saturated heterocycles. The number of aliphatic hydroxyl groups is 1. The summed E-state index contributed by atoms with van der Waals surface area (Å²) in [4.78, 5) is -0.293. The van der Waals surface area contributed by atoms with Crippen molar-refractivity contribution < 1.29 is 17.9 Å². The molecule has 0 spiro atoms. The van der Waals surface area contributed by atoms with Crippen LogP contribution in [0.25, 0.3) is 10.8 Å². The Hall–Kier alpha value is -1.50. The van der Waals surface area contributed by atoms with Crippen molar-refractivity contribution in [1.82, 2.24) is 4.31 Å². The molecule has 1 aliphatic heterocycles. The maximum Gasteiger partial charge on any atom is 0.246 e. The molecule has 0 amide bonds. The summed E-state index contributed by atoms with van der Waals surface area (Å²) >= 11 is 0. The van der Waals surface area contributed by atoms with Gasteiger partial charge in [0.2, 0.25) is 10.0 Å². The van der Waals surface area contributed by atoms with Crippen LogP contribution in [0.1, 0.15) is 26.2 Å². The first kappa shape index (κ1) is 16.4. The molecular formula is C17H20FNO3S. The van der Waals surface area contributed by atoms with Crippen molar-refractivity contribution in [3.63, 3.8) is 0 Å². The summed E-state index contributed by atoms with van der Waals surface area (Å²) in [5.41, 5.74) is -0.812. The van der Waals surface area contributed by atoms with Crippen molar-refractivity contribution >= 4 is 20.8 Å². The second-order valence-corrected chi connectivity index (χ2v) is 7.99. The SMILES string of the molecule is CCC1(O)CCN(S(=O)(=O)c2ccc3ccccc3c2F)CC1. The average Bonchev–Trinajstić information content (AvgIpc) is 2.55. The van der Waals surface area contributed by atoms with Gasteiger partial charge in [-0.05, 0) is 30.7 Å². The van der Waals surface area contributed by atoms with Crippen molar-refractivity contribution in [3.05, 3.63) is 42.2 Å². The summed E-state index contributed by atoms with van der Waals surface area (Å²) in [7, 11) is -3.90. The van der Waals surface area contributed by atoms with Crippen LogP contribution in [-0.2, 0) is 10.0 Å². The van der Waals surface area contributed by atoms with Crippen LogP contribution in [0.3, 0.4) is 0 Å². The summed E-state index contributed by atoms with van der Waals surface area (Å²) in [5, 5.41) is 11.2. The summed E-state index contributed by atoms with van der Waals surface area (Å²) < 4.78 is 41.5. The Morgan fingerprint density at radius 1 is 1.17 bits per heavy atom. The van der Waals surface area contributed by atoms with Crippen molar-refractivity contribution in [3.8, 4) is 0 Å². The van der Waals surface area contributed by atoms with Gasteiger partial charge in [-0.3, -0.25) is 0 Å². The van der Waals surface area contributed by atoms with E-state index in [-0.39, 0.29) is 18.0 Å². The largest absolute Gasteiger partial charge is 0.390 e. The van der Waals surface area contributed by atoms with E-state index in [1.54, 1.807) is 30.3 Å². The van der Waals surface area contributed by atoms with E-state index >= 15 is 0 Å². The molecule has 0 aromatic heterocycles. The number of benzene rings is 2. The molecule has 1 heterocycles. The normalized spacial score (nSPS) is 19.1. The van der Waals surface area contributed by atoms with Gasteiger partial charge in [0.05, 0.1) is 5.60 Å². The molecule has 2 aromatic rings. The number of rotatable bonds is 3. The van der Waals surface area contributed by atoms with E-state index < -0.39 is 21.4 Å². The van der Waals surface area contributed by atoms with Crippen molar-refractivity contribution in [2.45, 2.75) is 36.7 Å². The molecule has 124 valence electrons. The maximum absolute atomic E-state index is 14.7. The highest BCUT2D eigenvalue weighted by atomic mass is 32.2. The van der Waals surface area contributed by atoms with E-state index in [1.807, 2.05) is 6.92 Å². The number of hydrogen-bond donors (Lipinski definition) is 1. The Bertz CT molecular complexity index is 827. The molecule has 2 aromatic carbocycles. The van der Waals surface area contributed by atoms with Crippen LogP contribution in [0.5, 0.6) is 0 Å². The van der Waals surface area contributed by atoms with Crippen LogP contribution in [0.4, 0.5) is 4.39 Å². The standard InChI is InChI=1S/C17H20FNO3S/c1-2-17(20)9-11-19(12-10-17)23(21,22)15-8-7-13-5-3-4-6-14(13)16(15)18/h3-8,20H,2,9-12H2,1H3. The monoisotopic (exact) mass is 337 g/mol. The third-order valence-electron chi connectivity index (χ3n) is 4.76. The van der Waals surface area contributed by atoms with E-state index in [0.717, 1.165) is 0 Å². The number of fused-ring (bicyclic) bond motifs is 1. The first-order valence-corrected chi connectivity index (χ1v) is 9.21. The minimum atomic E-state index is -3.90. The predicted molar refractivity (Wildman–Crippen MR) is 87.1 cm³/mol. The van der Waals surface area contributed by atoms with Gasteiger partial charge in [0.15, 0.2) is 5.82 Å². The first-order chi connectivity index (χ1) is 10.9. The molecule has 0 atom stereocenters. The fourth-order valence-electron chi connectivity index (χ4n) is 3.05. The quantitative estimate of drug-likeness (QED) is 0.937. The van der Waals surface area contributed by atoms with Gasteiger partial charge in [0, 0.05) is 18.5 Å². The van der Waals surface area contributed by atoms with Crippen molar-refractivity contribution in [2.24, 2.45) is 0 Å². The van der Waals surface area contributed by atoms with E-state index in [1.165, 1.54) is 10.4 Å². The Morgan fingerprint density at radius 2 is 1.83 bits per heavy atom. The van der Waals surface area contributed by atoms with E-state index in [9.17, 15) is 17.9 Å². The molecular weight excluding hydrogens is 317 g/mol. The van der Waals surface area contributed by atoms with Crippen LogP contribution in [0.15, 0.2) is 41.3 Å². The zero-order valence-electron chi connectivity index (χ0n) is 13.0. The lowest BCUT2D eigenvalue weighted by molar-refractivity contribution is -0.00804. The third kappa shape index (κ3) is 2.86. The van der Waals surface area contributed by atoms with Crippen LogP contribution in [0, 0.1) is 5.82 Å². The lowest BCUT2D eigenvalue weighted by atomic mass is 9.90. The highest BCUT2D eigenvalue weighted by Gasteiger charge is 2.37. The summed E-state index contributed by atoms with van der Waals surface area (Å²) in [6.07, 6.45) is 1.33. The second kappa shape index (κ2) is 5.85. The Labute approximate surface area is 135 Å². The highest BCUT2D eigenvalue weighted by Crippen LogP contribution is 2.31. The number of piperidine rings is 1. The molecule has 1 N–H and O–H groups in total. The highest BCUT2D eigenvalue weighted by molar-refractivity contribution is 7.89. The molecule has 0 bridgehead atoms. The number of hydrogen-bond acceptors (Lipinski definition) is 3. The summed E-state index contributed by atoms with van der Waals surface area (Å²) in [5.74, 6) is -0.709. The number of sulfonamides is 1. The molecule has 23 heavy (non-hydrogen) atoms. The molecule has 1 fully saturated rings. The number of halogens is 1. The van der Waals surface area contributed by atoms with Gasteiger partial charge in [0.25, 0.3) is 0 Å². The lowest BCUT2D eigenvalue weighted by Crippen LogP contribution is -2.46. The van der Waals surface area contributed by atoms with Crippen molar-refractivity contribution in [1.29, 1.82) is 0 Å². The van der Waals surface area contributed by atoms with Crippen LogP contribution >= 0.6 is 0 Å². The summed E-state index contributed by atoms with van der Waals surface area (Å²) in [6, 6.07) is 9.74. The average molecular weight is 337 g/mol. The van der Waals surface area contributed by atoms with E-state index in [0.29, 0.717) is 30.0 Å². The molecule has 0 saturated carbocycles. The molecule has 0 aliphatic carbocycles. The second-order valence-electron chi connectivity index (χ2n) is 6.08. The molecule has 3 rings (SSSR count). The molecule has 0 radical (unpaired) electrons. The van der Waals surface area contributed by atoms with Gasteiger partial charge in [-0.1, -0.05) is 37.3 Å². The predicted octanol–water partition coefficient (Wildman–Crippen LogP) is 2.90. The minimum Gasteiger partial charge on any atom is -0.390 e. The topological polar surface area (TPSA) is 57.6 Å². The summed E-state index contributed by atoms with van der Waals surface area (Å²) in [6.45, 7) is 2.30. The van der Waals surface area contributed by atoms with E-state index in [2.05, 4.69) is 0 Å². The van der Waals surface area contributed by atoms with Gasteiger partial charge in [0.1, 0.15) is 4.90 Å². The lowest BCUT2D eigenvalue weighted by Gasteiger charge is -2.36. The number of nitrogens with zero attached hydrogens (tertiary/aromatic N) is 1. The maximum atomic E-state index is 14.7. The van der Waals surface area contributed by atoms with Crippen molar-refractivity contribution in [2.75, 3.05) is 13.1 Å². The third-order valence-corrected chi connectivity index (χ3v) is 6.67. The smallest absolute Gasteiger partial charge is 0.246 e. The fourth-order valence-corrected chi connectivity index (χ4v) is 4.57. The Kier molecular flexibility index (Phi) is 4.16. The van der Waals surface area contributed by atoms with Crippen LogP contribution in [0.2, 0.25) is 0 Å². The zero-order chi connectivity index (χ0) is 16.7. The fraction of sp³-hybridized carbons (Fsp3) is 0.412. The van der Waals surface area contributed by atoms with Gasteiger partial charge in [-0.2, -0.15) is 4.31 Å². The molecule has 6 heteroatoms. The Morgan fingerprint density at radius 3 is 2.48 bits per heavy atom. The zero-order valence-corrected chi connectivity index (χ0v) is 13.8. The van der Waals surface area contributed by atoms with Gasteiger partial charge >= 0.3 is 0 Å². The first-order valence-electron chi connectivity index (χ1n) is 7.77.